The Morgan fingerprint density at radius 3 is 2.25 bits per heavy atom. The van der Waals surface area contributed by atoms with Gasteiger partial charge in [-0.05, 0) is 45.0 Å². The van der Waals surface area contributed by atoms with Crippen LogP contribution in [0.25, 0.3) is 0 Å². The number of hydrogen-bond acceptors (Lipinski definition) is 3. The van der Waals surface area contributed by atoms with Gasteiger partial charge in [0.1, 0.15) is 0 Å². The van der Waals surface area contributed by atoms with Gasteiger partial charge < -0.3 is 5.73 Å². The Balaban J connectivity index is 1.84. The van der Waals surface area contributed by atoms with Crippen molar-refractivity contribution >= 4 is 17.4 Å². The van der Waals surface area contributed by atoms with Crippen molar-refractivity contribution in [1.29, 1.82) is 0 Å². The molecular weight excluding hydrogens is 216 g/mol. The fourth-order valence-corrected chi connectivity index (χ4v) is 2.99. The van der Waals surface area contributed by atoms with Gasteiger partial charge in [0.2, 0.25) is 0 Å². The summed E-state index contributed by atoms with van der Waals surface area (Å²) in [6.45, 7) is 9.21. The van der Waals surface area contributed by atoms with E-state index in [0.717, 1.165) is 10.9 Å². The average molecular weight is 236 g/mol. The van der Waals surface area contributed by atoms with Gasteiger partial charge in [-0.1, -0.05) is 0 Å². The molecular formula is C13H20N2S. The number of nitrogens with zero attached hydrogens (tertiary/aromatic N) is 1. The highest BCUT2D eigenvalue weighted by Crippen LogP contribution is 2.33. The van der Waals surface area contributed by atoms with Crippen LogP contribution in [0.2, 0.25) is 0 Å². The molecule has 0 radical (unpaired) electrons. The summed E-state index contributed by atoms with van der Waals surface area (Å²) in [7, 11) is 0. The number of rotatable bonds is 2. The molecule has 1 aliphatic heterocycles. The van der Waals surface area contributed by atoms with E-state index in [1.165, 1.54) is 18.0 Å². The van der Waals surface area contributed by atoms with Gasteiger partial charge in [0.05, 0.1) is 0 Å². The number of nitrogen functional groups attached to an aromatic ring is 1. The molecule has 0 aliphatic carbocycles. The maximum absolute atomic E-state index is 5.67. The predicted molar refractivity (Wildman–Crippen MR) is 71.8 cm³/mol. The molecule has 1 saturated heterocycles. The number of anilines is 1. The number of thioether (sulfide) groups is 1. The van der Waals surface area contributed by atoms with Crippen LogP contribution in [-0.2, 0) is 0 Å². The van der Waals surface area contributed by atoms with Crippen molar-refractivity contribution in [1.82, 2.24) is 4.90 Å². The normalized spacial score (nSPS) is 18.4. The topological polar surface area (TPSA) is 29.3 Å². The Morgan fingerprint density at radius 2 is 1.75 bits per heavy atom. The molecule has 3 heteroatoms. The Kier molecular flexibility index (Phi) is 3.17. The number of benzene rings is 1. The van der Waals surface area contributed by atoms with Crippen molar-refractivity contribution in [3.8, 4) is 0 Å². The molecule has 0 bridgehead atoms. The quantitative estimate of drug-likeness (QED) is 0.801. The predicted octanol–water partition coefficient (Wildman–Crippen LogP) is 2.84. The van der Waals surface area contributed by atoms with Gasteiger partial charge in [-0.25, -0.2) is 0 Å². The molecule has 0 spiro atoms. The summed E-state index contributed by atoms with van der Waals surface area (Å²) in [5.74, 6) is 0. The first-order chi connectivity index (χ1) is 7.45. The van der Waals surface area contributed by atoms with Crippen LogP contribution in [0.5, 0.6) is 0 Å². The van der Waals surface area contributed by atoms with Crippen molar-refractivity contribution in [3.05, 3.63) is 24.3 Å². The van der Waals surface area contributed by atoms with Gasteiger partial charge in [0.15, 0.2) is 0 Å². The van der Waals surface area contributed by atoms with Gasteiger partial charge in [-0.15, -0.1) is 11.8 Å². The molecule has 0 saturated carbocycles. The van der Waals surface area contributed by atoms with E-state index >= 15 is 0 Å². The molecule has 88 valence electrons. The molecule has 1 aliphatic rings. The van der Waals surface area contributed by atoms with E-state index in [0.29, 0.717) is 5.54 Å². The van der Waals surface area contributed by atoms with Crippen LogP contribution < -0.4 is 5.73 Å². The Hall–Kier alpha value is -0.670. The Bertz CT molecular complexity index is 347. The maximum atomic E-state index is 5.67. The fourth-order valence-electron chi connectivity index (χ4n) is 1.80. The van der Waals surface area contributed by atoms with Crippen LogP contribution in [0, 0.1) is 0 Å². The van der Waals surface area contributed by atoms with Crippen LogP contribution >= 0.6 is 11.8 Å². The summed E-state index contributed by atoms with van der Waals surface area (Å²) < 4.78 is 0. The van der Waals surface area contributed by atoms with Gasteiger partial charge in [0, 0.05) is 34.5 Å². The van der Waals surface area contributed by atoms with Crippen molar-refractivity contribution in [3.63, 3.8) is 0 Å². The van der Waals surface area contributed by atoms with E-state index in [1.807, 2.05) is 23.9 Å². The average Bonchev–Trinajstić information content (AvgIpc) is 2.11. The van der Waals surface area contributed by atoms with Crippen molar-refractivity contribution in [2.24, 2.45) is 0 Å². The van der Waals surface area contributed by atoms with Crippen LogP contribution in [0.4, 0.5) is 5.69 Å². The zero-order valence-electron chi connectivity index (χ0n) is 10.2. The summed E-state index contributed by atoms with van der Waals surface area (Å²) >= 11 is 1.96. The summed E-state index contributed by atoms with van der Waals surface area (Å²) in [5.41, 5.74) is 6.83. The molecule has 1 aromatic rings. The molecule has 0 amide bonds. The highest BCUT2D eigenvalue weighted by atomic mass is 32.2. The number of hydrogen-bond donors (Lipinski definition) is 1. The minimum absolute atomic E-state index is 0.318. The second-order valence-electron chi connectivity index (χ2n) is 5.38. The van der Waals surface area contributed by atoms with Crippen molar-refractivity contribution in [2.75, 3.05) is 18.8 Å². The van der Waals surface area contributed by atoms with Gasteiger partial charge >= 0.3 is 0 Å². The van der Waals surface area contributed by atoms with E-state index in [9.17, 15) is 0 Å². The third-order valence-corrected chi connectivity index (χ3v) is 4.16. The van der Waals surface area contributed by atoms with E-state index < -0.39 is 0 Å². The molecule has 0 aromatic heterocycles. The van der Waals surface area contributed by atoms with E-state index in [2.05, 4.69) is 37.8 Å². The van der Waals surface area contributed by atoms with Gasteiger partial charge in [-0.2, -0.15) is 0 Å². The lowest BCUT2D eigenvalue weighted by atomic mass is 10.0. The molecule has 1 fully saturated rings. The third-order valence-electron chi connectivity index (χ3n) is 2.98. The highest BCUT2D eigenvalue weighted by Gasteiger charge is 2.34. The largest absolute Gasteiger partial charge is 0.399 e. The molecule has 0 atom stereocenters. The fraction of sp³-hybridized carbons (Fsp3) is 0.538. The van der Waals surface area contributed by atoms with Crippen LogP contribution in [0.15, 0.2) is 29.2 Å². The highest BCUT2D eigenvalue weighted by molar-refractivity contribution is 8.00. The molecule has 1 aromatic carbocycles. The van der Waals surface area contributed by atoms with Crippen LogP contribution in [-0.4, -0.2) is 28.8 Å². The summed E-state index contributed by atoms with van der Waals surface area (Å²) in [4.78, 5) is 3.84. The Morgan fingerprint density at radius 1 is 1.19 bits per heavy atom. The van der Waals surface area contributed by atoms with Gasteiger partial charge in [0.25, 0.3) is 0 Å². The molecule has 16 heavy (non-hydrogen) atoms. The van der Waals surface area contributed by atoms with Gasteiger partial charge in [-0.3, -0.25) is 4.90 Å². The summed E-state index contributed by atoms with van der Waals surface area (Å²) in [6.07, 6.45) is 0. The van der Waals surface area contributed by atoms with Crippen molar-refractivity contribution in [2.45, 2.75) is 36.5 Å². The molecule has 2 rings (SSSR count). The monoisotopic (exact) mass is 236 g/mol. The standard InChI is InChI=1S/C13H20N2S/c1-13(2,3)15-8-12(9-15)16-11-6-4-10(14)5-7-11/h4-7,12H,8-9,14H2,1-3H3. The van der Waals surface area contributed by atoms with E-state index in [1.54, 1.807) is 0 Å². The minimum Gasteiger partial charge on any atom is -0.399 e. The first-order valence-corrected chi connectivity index (χ1v) is 6.60. The van der Waals surface area contributed by atoms with E-state index in [-0.39, 0.29) is 0 Å². The summed E-state index contributed by atoms with van der Waals surface area (Å²) in [6, 6.07) is 8.17. The summed E-state index contributed by atoms with van der Waals surface area (Å²) in [5, 5.41) is 0.739. The van der Waals surface area contributed by atoms with Crippen LogP contribution in [0.1, 0.15) is 20.8 Å². The first kappa shape index (κ1) is 11.8. The lowest BCUT2D eigenvalue weighted by Gasteiger charge is -2.47. The molecule has 2 N–H and O–H groups in total. The molecule has 2 nitrogen and oxygen atoms in total. The number of nitrogens with two attached hydrogens (primary N) is 1. The molecule has 1 heterocycles. The van der Waals surface area contributed by atoms with E-state index in [4.69, 9.17) is 5.73 Å². The molecule has 0 unspecified atom stereocenters. The third kappa shape index (κ3) is 2.71. The maximum Gasteiger partial charge on any atom is 0.0349 e. The zero-order valence-corrected chi connectivity index (χ0v) is 11.1. The Labute approximate surface area is 102 Å². The zero-order chi connectivity index (χ0) is 11.8. The number of likely N-dealkylation sites (tertiary alicyclic amines) is 1. The second kappa shape index (κ2) is 4.30. The second-order valence-corrected chi connectivity index (χ2v) is 6.76. The van der Waals surface area contributed by atoms with Crippen molar-refractivity contribution < 1.29 is 0 Å². The lowest BCUT2D eigenvalue weighted by molar-refractivity contribution is 0.0754. The minimum atomic E-state index is 0.318. The van der Waals surface area contributed by atoms with Crippen LogP contribution in [0.3, 0.4) is 0 Å². The first-order valence-electron chi connectivity index (χ1n) is 5.72. The smallest absolute Gasteiger partial charge is 0.0349 e. The lowest BCUT2D eigenvalue weighted by Crippen LogP contribution is -2.57. The SMILES string of the molecule is CC(C)(C)N1CC(Sc2ccc(N)cc2)C1.